The second-order valence-electron chi connectivity index (χ2n) is 4.52. The Morgan fingerprint density at radius 1 is 1.15 bits per heavy atom. The molecule has 2 aromatic carbocycles. The van der Waals surface area contributed by atoms with Gasteiger partial charge in [-0.1, -0.05) is 35.0 Å². The predicted octanol–water partition coefficient (Wildman–Crippen LogP) is 4.09. The Kier molecular flexibility index (Phi) is 4.79. The molecule has 0 saturated heterocycles. The van der Waals surface area contributed by atoms with Gasteiger partial charge in [0.1, 0.15) is 0 Å². The highest BCUT2D eigenvalue weighted by Crippen LogP contribution is 2.25. The highest BCUT2D eigenvalue weighted by molar-refractivity contribution is 9.10. The molecule has 0 unspecified atom stereocenters. The molecule has 0 aliphatic rings. The molecular weight excluding hydrogens is 316 g/mol. The molecule has 3 nitrogen and oxygen atoms in total. The Labute approximate surface area is 127 Å². The first-order valence-corrected chi connectivity index (χ1v) is 7.34. The SMILES string of the molecule is CCCN(C(=O)c1ccc(Br)cc1)c1ccccc1N. The molecule has 1 amide bonds. The first kappa shape index (κ1) is 14.6. The zero-order valence-electron chi connectivity index (χ0n) is 11.3. The van der Waals surface area contributed by atoms with Crippen LogP contribution < -0.4 is 10.6 Å². The third-order valence-corrected chi connectivity index (χ3v) is 3.54. The minimum absolute atomic E-state index is 0.0303. The average Bonchev–Trinajstić information content (AvgIpc) is 2.46. The second-order valence-corrected chi connectivity index (χ2v) is 5.44. The lowest BCUT2D eigenvalue weighted by Gasteiger charge is -2.23. The van der Waals surface area contributed by atoms with E-state index in [1.54, 1.807) is 4.90 Å². The summed E-state index contributed by atoms with van der Waals surface area (Å²) in [6.45, 7) is 2.68. The van der Waals surface area contributed by atoms with Crippen LogP contribution >= 0.6 is 15.9 Å². The van der Waals surface area contributed by atoms with Crippen molar-refractivity contribution in [1.82, 2.24) is 0 Å². The highest BCUT2D eigenvalue weighted by atomic mass is 79.9. The molecule has 104 valence electrons. The van der Waals surface area contributed by atoms with Crippen molar-refractivity contribution in [2.75, 3.05) is 17.2 Å². The monoisotopic (exact) mass is 332 g/mol. The second kappa shape index (κ2) is 6.57. The standard InChI is InChI=1S/C16H17BrN2O/c1-2-11-19(15-6-4-3-5-14(15)18)16(20)12-7-9-13(17)10-8-12/h3-10H,2,11,18H2,1H3. The van der Waals surface area contributed by atoms with Gasteiger partial charge in [0.15, 0.2) is 0 Å². The summed E-state index contributed by atoms with van der Waals surface area (Å²) in [6, 6.07) is 14.8. The lowest BCUT2D eigenvalue weighted by molar-refractivity contribution is 0.0987. The van der Waals surface area contributed by atoms with Crippen LogP contribution in [0.1, 0.15) is 23.7 Å². The van der Waals surface area contributed by atoms with Crippen LogP contribution in [0.4, 0.5) is 11.4 Å². The molecule has 2 rings (SSSR count). The number of nitrogens with two attached hydrogens (primary N) is 1. The number of halogens is 1. The van der Waals surface area contributed by atoms with E-state index in [4.69, 9.17) is 5.73 Å². The van der Waals surface area contributed by atoms with Crippen LogP contribution in [0, 0.1) is 0 Å². The molecule has 0 aliphatic heterocycles. The smallest absolute Gasteiger partial charge is 0.258 e. The van der Waals surface area contributed by atoms with Gasteiger partial charge < -0.3 is 10.6 Å². The van der Waals surface area contributed by atoms with E-state index >= 15 is 0 Å². The van der Waals surface area contributed by atoms with Crippen molar-refractivity contribution in [1.29, 1.82) is 0 Å². The molecule has 4 heteroatoms. The number of benzene rings is 2. The summed E-state index contributed by atoms with van der Waals surface area (Å²) in [5, 5.41) is 0. The van der Waals surface area contributed by atoms with Gasteiger partial charge >= 0.3 is 0 Å². The van der Waals surface area contributed by atoms with Gasteiger partial charge in [0, 0.05) is 16.6 Å². The number of carbonyl (C=O) groups excluding carboxylic acids is 1. The highest BCUT2D eigenvalue weighted by Gasteiger charge is 2.18. The molecule has 2 aromatic rings. The number of anilines is 2. The number of carbonyl (C=O) groups is 1. The maximum absolute atomic E-state index is 12.7. The summed E-state index contributed by atoms with van der Waals surface area (Å²) in [5.74, 6) is -0.0303. The fourth-order valence-corrected chi connectivity index (χ4v) is 2.30. The molecule has 0 spiro atoms. The maximum Gasteiger partial charge on any atom is 0.258 e. The lowest BCUT2D eigenvalue weighted by Crippen LogP contribution is -2.32. The van der Waals surface area contributed by atoms with Crippen LogP contribution in [0.3, 0.4) is 0 Å². The molecular formula is C16H17BrN2O. The molecule has 0 bridgehead atoms. The van der Waals surface area contributed by atoms with Crippen molar-refractivity contribution in [2.45, 2.75) is 13.3 Å². The van der Waals surface area contributed by atoms with E-state index in [9.17, 15) is 4.79 Å². The van der Waals surface area contributed by atoms with Crippen molar-refractivity contribution >= 4 is 33.2 Å². The van der Waals surface area contributed by atoms with Crippen LogP contribution in [0.2, 0.25) is 0 Å². The van der Waals surface area contributed by atoms with Crippen LogP contribution in [0.5, 0.6) is 0 Å². The van der Waals surface area contributed by atoms with Crippen LogP contribution in [0.15, 0.2) is 53.0 Å². The Balaban J connectivity index is 2.36. The molecule has 0 atom stereocenters. The van der Waals surface area contributed by atoms with Crippen molar-refractivity contribution in [2.24, 2.45) is 0 Å². The predicted molar refractivity (Wildman–Crippen MR) is 87.0 cm³/mol. The Hall–Kier alpha value is -1.81. The van der Waals surface area contributed by atoms with Crippen LogP contribution in [-0.4, -0.2) is 12.5 Å². The Morgan fingerprint density at radius 3 is 2.40 bits per heavy atom. The van der Waals surface area contributed by atoms with E-state index in [2.05, 4.69) is 15.9 Å². The largest absolute Gasteiger partial charge is 0.397 e. The molecule has 2 N–H and O–H groups in total. The molecule has 0 aliphatic carbocycles. The van der Waals surface area contributed by atoms with Crippen LogP contribution in [0.25, 0.3) is 0 Å². The zero-order chi connectivity index (χ0) is 14.5. The van der Waals surface area contributed by atoms with Gasteiger partial charge in [0.2, 0.25) is 0 Å². The minimum atomic E-state index is -0.0303. The van der Waals surface area contributed by atoms with E-state index in [0.29, 0.717) is 17.8 Å². The molecule has 0 radical (unpaired) electrons. The third-order valence-electron chi connectivity index (χ3n) is 3.01. The fourth-order valence-electron chi connectivity index (χ4n) is 2.04. The third kappa shape index (κ3) is 3.20. The first-order chi connectivity index (χ1) is 9.63. The molecule has 0 aromatic heterocycles. The Bertz CT molecular complexity index is 596. The van der Waals surface area contributed by atoms with Crippen LogP contribution in [-0.2, 0) is 0 Å². The molecule has 20 heavy (non-hydrogen) atoms. The van der Waals surface area contributed by atoms with Gasteiger partial charge in [-0.3, -0.25) is 4.79 Å². The van der Waals surface area contributed by atoms with Gasteiger partial charge in [-0.05, 0) is 42.8 Å². The normalized spacial score (nSPS) is 10.3. The summed E-state index contributed by atoms with van der Waals surface area (Å²) in [5.41, 5.74) is 8.03. The number of nitrogens with zero attached hydrogens (tertiary/aromatic N) is 1. The summed E-state index contributed by atoms with van der Waals surface area (Å²) < 4.78 is 0.954. The summed E-state index contributed by atoms with van der Waals surface area (Å²) >= 11 is 3.37. The average molecular weight is 333 g/mol. The van der Waals surface area contributed by atoms with Gasteiger partial charge in [0.25, 0.3) is 5.91 Å². The van der Waals surface area contributed by atoms with Crippen molar-refractivity contribution in [3.05, 3.63) is 58.6 Å². The number of hydrogen-bond acceptors (Lipinski definition) is 2. The maximum atomic E-state index is 12.7. The van der Waals surface area contributed by atoms with E-state index in [0.717, 1.165) is 16.6 Å². The first-order valence-electron chi connectivity index (χ1n) is 6.55. The fraction of sp³-hybridized carbons (Fsp3) is 0.188. The van der Waals surface area contributed by atoms with E-state index < -0.39 is 0 Å². The van der Waals surface area contributed by atoms with E-state index in [1.165, 1.54) is 0 Å². The van der Waals surface area contributed by atoms with E-state index in [-0.39, 0.29) is 5.91 Å². The van der Waals surface area contributed by atoms with Gasteiger partial charge in [0.05, 0.1) is 11.4 Å². The van der Waals surface area contributed by atoms with Gasteiger partial charge in [-0.25, -0.2) is 0 Å². The number of para-hydroxylation sites is 2. The summed E-state index contributed by atoms with van der Waals surface area (Å²) in [6.07, 6.45) is 0.872. The summed E-state index contributed by atoms with van der Waals surface area (Å²) in [7, 11) is 0. The minimum Gasteiger partial charge on any atom is -0.397 e. The number of nitrogen functional groups attached to an aromatic ring is 1. The van der Waals surface area contributed by atoms with Crippen molar-refractivity contribution < 1.29 is 4.79 Å². The van der Waals surface area contributed by atoms with Gasteiger partial charge in [-0.15, -0.1) is 0 Å². The molecule has 0 heterocycles. The molecule has 0 fully saturated rings. The Morgan fingerprint density at radius 2 is 1.80 bits per heavy atom. The van der Waals surface area contributed by atoms with Crippen molar-refractivity contribution in [3.63, 3.8) is 0 Å². The zero-order valence-corrected chi connectivity index (χ0v) is 12.9. The summed E-state index contributed by atoms with van der Waals surface area (Å²) in [4.78, 5) is 14.4. The quantitative estimate of drug-likeness (QED) is 0.857. The lowest BCUT2D eigenvalue weighted by atomic mass is 10.1. The molecule has 0 saturated carbocycles. The van der Waals surface area contributed by atoms with Gasteiger partial charge in [-0.2, -0.15) is 0 Å². The van der Waals surface area contributed by atoms with Crippen molar-refractivity contribution in [3.8, 4) is 0 Å². The number of hydrogen-bond donors (Lipinski definition) is 1. The topological polar surface area (TPSA) is 46.3 Å². The number of amides is 1. The van der Waals surface area contributed by atoms with E-state index in [1.807, 2.05) is 55.5 Å². The number of rotatable bonds is 4.